The molecule has 0 saturated carbocycles. The van der Waals surface area contributed by atoms with Crippen LogP contribution < -0.4 is 0 Å². The highest BCUT2D eigenvalue weighted by molar-refractivity contribution is 5.71. The third-order valence-electron chi connectivity index (χ3n) is 15.1. The van der Waals surface area contributed by atoms with Gasteiger partial charge in [0, 0.05) is 19.3 Å². The SMILES string of the molecule is CC/C=C\C/C=C\C/C=C\C/C=C\C/C=C\CCCCCCCCCCCCCCCCCCCC(=O)OCC(COC(=O)CCCCCCCCCCCCC)OC(=O)CCCCCCCC/C=C\C/C=C\C/C=C\CCCCC. The van der Waals surface area contributed by atoms with E-state index < -0.39 is 6.10 Å². The minimum Gasteiger partial charge on any atom is -0.462 e. The van der Waals surface area contributed by atoms with Crippen LogP contribution in [0.4, 0.5) is 0 Å². The van der Waals surface area contributed by atoms with Gasteiger partial charge >= 0.3 is 17.9 Å². The molecule has 0 amide bonds. The number of ether oxygens (including phenoxy) is 3. The molecule has 466 valence electrons. The number of carbonyl (C=O) groups is 3. The van der Waals surface area contributed by atoms with Crippen molar-refractivity contribution < 1.29 is 28.6 Å². The Hall–Kier alpha value is -3.67. The first-order valence-corrected chi connectivity index (χ1v) is 34.7. The summed E-state index contributed by atoms with van der Waals surface area (Å²) in [5.41, 5.74) is 0. The zero-order valence-electron chi connectivity index (χ0n) is 53.5. The van der Waals surface area contributed by atoms with E-state index in [4.69, 9.17) is 14.2 Å². The van der Waals surface area contributed by atoms with E-state index in [1.807, 2.05) is 0 Å². The van der Waals surface area contributed by atoms with Crippen LogP contribution in [0.15, 0.2) is 97.2 Å². The van der Waals surface area contributed by atoms with Gasteiger partial charge in [0.2, 0.25) is 0 Å². The monoisotopic (exact) mass is 1130 g/mol. The number of rotatable bonds is 63. The molecule has 0 heterocycles. The summed E-state index contributed by atoms with van der Waals surface area (Å²) in [7, 11) is 0. The van der Waals surface area contributed by atoms with Crippen LogP contribution in [0.25, 0.3) is 0 Å². The fraction of sp³-hybridized carbons (Fsp3) is 0.747. The fourth-order valence-corrected chi connectivity index (χ4v) is 9.89. The van der Waals surface area contributed by atoms with Crippen molar-refractivity contribution in [1.82, 2.24) is 0 Å². The number of esters is 3. The highest BCUT2D eigenvalue weighted by Gasteiger charge is 2.19. The van der Waals surface area contributed by atoms with Gasteiger partial charge in [-0.15, -0.1) is 0 Å². The highest BCUT2D eigenvalue weighted by Crippen LogP contribution is 2.17. The molecule has 6 nitrogen and oxygen atoms in total. The van der Waals surface area contributed by atoms with E-state index in [1.165, 1.54) is 186 Å². The molecule has 0 fully saturated rings. The summed E-state index contributed by atoms with van der Waals surface area (Å²) < 4.78 is 16.9. The smallest absolute Gasteiger partial charge is 0.306 e. The van der Waals surface area contributed by atoms with Gasteiger partial charge in [0.1, 0.15) is 13.2 Å². The lowest BCUT2D eigenvalue weighted by Crippen LogP contribution is -2.30. The number of allylic oxidation sites excluding steroid dienone is 16. The summed E-state index contributed by atoms with van der Waals surface area (Å²) in [6.07, 6.45) is 92.9. The summed E-state index contributed by atoms with van der Waals surface area (Å²) in [5.74, 6) is -0.876. The predicted molar refractivity (Wildman–Crippen MR) is 353 cm³/mol. The summed E-state index contributed by atoms with van der Waals surface area (Å²) in [5, 5.41) is 0. The Balaban J connectivity index is 4.16. The molecule has 0 aliphatic heterocycles. The largest absolute Gasteiger partial charge is 0.462 e. The third kappa shape index (κ3) is 67.0. The third-order valence-corrected chi connectivity index (χ3v) is 15.1. The molecule has 0 radical (unpaired) electrons. The highest BCUT2D eigenvalue weighted by atomic mass is 16.6. The minimum absolute atomic E-state index is 0.0779. The molecular formula is C75H130O6. The summed E-state index contributed by atoms with van der Waals surface area (Å²) in [6.45, 7) is 6.52. The lowest BCUT2D eigenvalue weighted by molar-refractivity contribution is -0.167. The Kier molecular flexibility index (Phi) is 65.7. The first-order valence-electron chi connectivity index (χ1n) is 34.7. The minimum atomic E-state index is -0.782. The molecule has 0 aromatic heterocycles. The Labute approximate surface area is 502 Å². The van der Waals surface area contributed by atoms with Crippen molar-refractivity contribution in [2.75, 3.05) is 13.2 Å². The lowest BCUT2D eigenvalue weighted by Gasteiger charge is -2.18. The fourth-order valence-electron chi connectivity index (χ4n) is 9.89. The predicted octanol–water partition coefficient (Wildman–Crippen LogP) is 24.0. The van der Waals surface area contributed by atoms with Crippen molar-refractivity contribution in [3.05, 3.63) is 97.2 Å². The van der Waals surface area contributed by atoms with Gasteiger partial charge in [0.25, 0.3) is 0 Å². The molecule has 0 aromatic rings. The van der Waals surface area contributed by atoms with Crippen LogP contribution in [0.3, 0.4) is 0 Å². The molecule has 0 spiro atoms. The van der Waals surface area contributed by atoms with Gasteiger partial charge in [-0.2, -0.15) is 0 Å². The molecular weight excluding hydrogens is 997 g/mol. The molecule has 1 unspecified atom stereocenters. The lowest BCUT2D eigenvalue weighted by atomic mass is 10.0. The van der Waals surface area contributed by atoms with E-state index in [0.29, 0.717) is 19.3 Å². The molecule has 0 rings (SSSR count). The average molecular weight is 1130 g/mol. The average Bonchev–Trinajstić information content (AvgIpc) is 3.47. The summed E-state index contributed by atoms with van der Waals surface area (Å²) in [6, 6.07) is 0. The van der Waals surface area contributed by atoms with E-state index in [-0.39, 0.29) is 31.1 Å². The van der Waals surface area contributed by atoms with E-state index in [0.717, 1.165) is 116 Å². The van der Waals surface area contributed by atoms with Gasteiger partial charge in [-0.25, -0.2) is 0 Å². The molecule has 6 heteroatoms. The van der Waals surface area contributed by atoms with Gasteiger partial charge in [-0.1, -0.05) is 317 Å². The Morgan fingerprint density at radius 1 is 0.259 bits per heavy atom. The molecule has 0 N–H and O–H groups in total. The number of carbonyl (C=O) groups excluding carboxylic acids is 3. The molecule has 0 aromatic carbocycles. The number of hydrogen-bond donors (Lipinski definition) is 0. The first kappa shape index (κ1) is 77.3. The van der Waals surface area contributed by atoms with Gasteiger partial charge in [-0.05, 0) is 103 Å². The van der Waals surface area contributed by atoms with Gasteiger partial charge in [0.15, 0.2) is 6.10 Å². The quantitative estimate of drug-likeness (QED) is 0.0261. The van der Waals surface area contributed by atoms with Gasteiger partial charge < -0.3 is 14.2 Å². The summed E-state index contributed by atoms with van der Waals surface area (Å²) >= 11 is 0. The second-order valence-corrected chi connectivity index (χ2v) is 23.1. The van der Waals surface area contributed by atoms with E-state index in [2.05, 4.69) is 118 Å². The van der Waals surface area contributed by atoms with Gasteiger partial charge in [-0.3, -0.25) is 14.4 Å². The van der Waals surface area contributed by atoms with Gasteiger partial charge in [0.05, 0.1) is 0 Å². The van der Waals surface area contributed by atoms with Crippen LogP contribution in [0.1, 0.15) is 342 Å². The zero-order chi connectivity index (χ0) is 58.5. The number of unbranched alkanes of at least 4 members (excludes halogenated alkanes) is 36. The molecule has 81 heavy (non-hydrogen) atoms. The van der Waals surface area contributed by atoms with Crippen molar-refractivity contribution in [3.63, 3.8) is 0 Å². The van der Waals surface area contributed by atoms with Crippen molar-refractivity contribution in [3.8, 4) is 0 Å². The van der Waals surface area contributed by atoms with Crippen molar-refractivity contribution >= 4 is 17.9 Å². The van der Waals surface area contributed by atoms with E-state index in [1.54, 1.807) is 0 Å². The van der Waals surface area contributed by atoms with Crippen molar-refractivity contribution in [2.24, 2.45) is 0 Å². The molecule has 0 bridgehead atoms. The standard InChI is InChI=1S/C75H130O6/c1-4-7-10-13-16-19-22-24-26-28-30-31-32-33-34-35-36-37-38-39-40-41-42-43-45-46-48-50-53-56-59-62-65-68-74(77)80-71-72(70-79-73(76)67-64-61-58-55-52-21-18-15-12-9-6-3)81-75(78)69-66-63-60-57-54-51-49-47-44-29-27-25-23-20-17-14-11-8-5-2/h7,10,16-17,19-20,24-27,30-31,33-34,44,47,72H,4-6,8-9,11-15,18,21-23,28-29,32,35-43,45-46,48-71H2,1-3H3/b10-7-,19-16-,20-17-,26-24-,27-25-,31-30-,34-33-,47-44-. The van der Waals surface area contributed by atoms with Crippen molar-refractivity contribution in [1.29, 1.82) is 0 Å². The first-order chi connectivity index (χ1) is 40.0. The normalized spacial score (nSPS) is 12.7. The van der Waals surface area contributed by atoms with Crippen LogP contribution >= 0.6 is 0 Å². The molecule has 0 saturated heterocycles. The van der Waals surface area contributed by atoms with E-state index in [9.17, 15) is 14.4 Å². The van der Waals surface area contributed by atoms with E-state index >= 15 is 0 Å². The van der Waals surface area contributed by atoms with Crippen LogP contribution in [0, 0.1) is 0 Å². The van der Waals surface area contributed by atoms with Crippen LogP contribution in [-0.2, 0) is 28.6 Å². The molecule has 0 aliphatic rings. The van der Waals surface area contributed by atoms with Crippen LogP contribution in [0.5, 0.6) is 0 Å². The Morgan fingerprint density at radius 2 is 0.481 bits per heavy atom. The Bertz CT molecular complexity index is 1580. The molecule has 0 aliphatic carbocycles. The second kappa shape index (κ2) is 68.8. The second-order valence-electron chi connectivity index (χ2n) is 23.1. The summed E-state index contributed by atoms with van der Waals surface area (Å²) in [4.78, 5) is 38.3. The maximum Gasteiger partial charge on any atom is 0.306 e. The zero-order valence-corrected chi connectivity index (χ0v) is 53.5. The van der Waals surface area contributed by atoms with Crippen molar-refractivity contribution in [2.45, 2.75) is 348 Å². The maximum atomic E-state index is 12.9. The maximum absolute atomic E-state index is 12.9. The molecule has 1 atom stereocenters. The number of hydrogen-bond acceptors (Lipinski definition) is 6. The Morgan fingerprint density at radius 3 is 0.778 bits per heavy atom. The van der Waals surface area contributed by atoms with Crippen LogP contribution in [-0.4, -0.2) is 37.2 Å². The topological polar surface area (TPSA) is 78.9 Å². The van der Waals surface area contributed by atoms with Crippen LogP contribution in [0.2, 0.25) is 0 Å².